The second kappa shape index (κ2) is 15.8. The molecule has 3 rings (SSSR count). The number of carbonyl (C=O) groups excluding carboxylic acids is 2. The number of benzene rings is 3. The molecule has 0 aliphatic rings. The summed E-state index contributed by atoms with van der Waals surface area (Å²) in [6, 6.07) is 19.5. The van der Waals surface area contributed by atoms with E-state index in [2.05, 4.69) is 5.32 Å². The lowest BCUT2D eigenvalue weighted by molar-refractivity contribution is -0.138. The van der Waals surface area contributed by atoms with Crippen molar-refractivity contribution in [2.45, 2.75) is 44.6 Å². The summed E-state index contributed by atoms with van der Waals surface area (Å²) in [6.07, 6.45) is 1.23. The Kier molecular flexibility index (Phi) is 12.2. The minimum Gasteiger partial charge on any atom is -0.494 e. The van der Waals surface area contributed by atoms with Gasteiger partial charge in [-0.1, -0.05) is 37.3 Å². The minimum absolute atomic E-state index is 0.0867. The maximum atomic E-state index is 14.1. The van der Waals surface area contributed by atoms with Crippen LogP contribution in [0.5, 0.6) is 17.2 Å². The molecule has 0 fully saturated rings. The molecular formula is C32H41N3O7S. The van der Waals surface area contributed by atoms with Gasteiger partial charge in [-0.25, -0.2) is 8.42 Å². The molecule has 11 heteroatoms. The summed E-state index contributed by atoms with van der Waals surface area (Å²) < 4.78 is 45.5. The molecule has 3 aromatic carbocycles. The van der Waals surface area contributed by atoms with Crippen LogP contribution >= 0.6 is 0 Å². The molecule has 0 heterocycles. The zero-order valence-electron chi connectivity index (χ0n) is 25.4. The maximum absolute atomic E-state index is 14.1. The Morgan fingerprint density at radius 1 is 0.907 bits per heavy atom. The molecule has 2 amide bonds. The minimum atomic E-state index is -4.28. The molecule has 0 radical (unpaired) electrons. The number of anilines is 1. The molecule has 0 saturated heterocycles. The van der Waals surface area contributed by atoms with E-state index in [1.54, 1.807) is 31.2 Å². The number of hydrogen-bond donors (Lipinski definition) is 1. The van der Waals surface area contributed by atoms with Gasteiger partial charge in [0, 0.05) is 19.2 Å². The predicted octanol–water partition coefficient (Wildman–Crippen LogP) is 4.28. The molecule has 3 aromatic rings. The first-order valence-corrected chi connectivity index (χ1v) is 15.7. The van der Waals surface area contributed by atoms with Crippen LogP contribution in [0, 0.1) is 0 Å². The summed E-state index contributed by atoms with van der Waals surface area (Å²) >= 11 is 0. The van der Waals surface area contributed by atoms with Gasteiger partial charge in [0.2, 0.25) is 11.8 Å². The third-order valence-electron chi connectivity index (χ3n) is 6.86. The van der Waals surface area contributed by atoms with Gasteiger partial charge in [-0.05, 0) is 68.7 Å². The lowest BCUT2D eigenvalue weighted by atomic mass is 10.1. The van der Waals surface area contributed by atoms with Crippen molar-refractivity contribution >= 4 is 27.5 Å². The number of hydrogen-bond acceptors (Lipinski definition) is 7. The number of sulfonamides is 1. The lowest BCUT2D eigenvalue weighted by Crippen LogP contribution is -2.52. The summed E-state index contributed by atoms with van der Waals surface area (Å²) in [4.78, 5) is 28.3. The second-order valence-electron chi connectivity index (χ2n) is 9.75. The number of methoxy groups -OCH3 is 2. The van der Waals surface area contributed by atoms with Crippen LogP contribution in [0.25, 0.3) is 0 Å². The van der Waals surface area contributed by atoms with Gasteiger partial charge in [0.05, 0.1) is 31.4 Å². The van der Waals surface area contributed by atoms with E-state index in [-0.39, 0.29) is 28.8 Å². The first-order valence-electron chi connectivity index (χ1n) is 14.2. The Morgan fingerprint density at radius 3 is 2.19 bits per heavy atom. The highest BCUT2D eigenvalue weighted by molar-refractivity contribution is 7.92. The molecule has 1 atom stereocenters. The Morgan fingerprint density at radius 2 is 1.58 bits per heavy atom. The van der Waals surface area contributed by atoms with E-state index in [4.69, 9.17) is 14.2 Å². The highest BCUT2D eigenvalue weighted by Gasteiger charge is 2.33. The summed E-state index contributed by atoms with van der Waals surface area (Å²) in [7, 11) is -1.41. The molecule has 43 heavy (non-hydrogen) atoms. The van der Waals surface area contributed by atoms with Crippen LogP contribution in [0.15, 0.2) is 77.7 Å². The van der Waals surface area contributed by atoms with Crippen molar-refractivity contribution in [2.24, 2.45) is 0 Å². The number of ether oxygens (including phenoxy) is 3. The molecule has 0 bridgehead atoms. The van der Waals surface area contributed by atoms with Crippen molar-refractivity contribution in [3.05, 3.63) is 78.4 Å². The van der Waals surface area contributed by atoms with E-state index in [0.717, 1.165) is 16.3 Å². The fraction of sp³-hybridized carbons (Fsp3) is 0.375. The topological polar surface area (TPSA) is 114 Å². The number of nitrogens with zero attached hydrogens (tertiary/aromatic N) is 2. The Hall–Kier alpha value is -4.25. The van der Waals surface area contributed by atoms with Gasteiger partial charge in [0.25, 0.3) is 10.0 Å². The van der Waals surface area contributed by atoms with E-state index >= 15 is 0 Å². The van der Waals surface area contributed by atoms with Crippen molar-refractivity contribution < 1.29 is 32.2 Å². The number of rotatable bonds is 16. The zero-order valence-corrected chi connectivity index (χ0v) is 26.2. The summed E-state index contributed by atoms with van der Waals surface area (Å²) in [5, 5.41) is 2.84. The van der Waals surface area contributed by atoms with Crippen molar-refractivity contribution in [1.82, 2.24) is 10.2 Å². The number of nitrogens with one attached hydrogen (secondary N) is 1. The first kappa shape index (κ1) is 33.3. The highest BCUT2D eigenvalue weighted by Crippen LogP contribution is 2.33. The summed E-state index contributed by atoms with van der Waals surface area (Å²) in [6.45, 7) is 6.04. The quantitative estimate of drug-likeness (QED) is 0.257. The van der Waals surface area contributed by atoms with Gasteiger partial charge < -0.3 is 24.4 Å². The largest absolute Gasteiger partial charge is 0.494 e. The molecule has 10 nitrogen and oxygen atoms in total. The van der Waals surface area contributed by atoms with Crippen molar-refractivity contribution in [3.63, 3.8) is 0 Å². The van der Waals surface area contributed by atoms with E-state index in [0.29, 0.717) is 31.1 Å². The summed E-state index contributed by atoms with van der Waals surface area (Å²) in [5.41, 5.74) is 1.25. The predicted molar refractivity (Wildman–Crippen MR) is 166 cm³/mol. The molecule has 1 N–H and O–H groups in total. The number of amides is 2. The van der Waals surface area contributed by atoms with E-state index in [9.17, 15) is 18.0 Å². The van der Waals surface area contributed by atoms with Gasteiger partial charge in [0.15, 0.2) is 11.5 Å². The van der Waals surface area contributed by atoms with Crippen molar-refractivity contribution in [3.8, 4) is 17.2 Å². The van der Waals surface area contributed by atoms with Crippen LogP contribution in [0.3, 0.4) is 0 Å². The highest BCUT2D eigenvalue weighted by atomic mass is 32.2. The third kappa shape index (κ3) is 8.63. The smallest absolute Gasteiger partial charge is 0.264 e. The standard InChI is InChI=1S/C32H41N3O7S/c1-6-20-33-32(37)24(3)34(21-19-25-11-9-8-10-12-25)31(36)23-35(26-13-15-27(16-14-26)42-7-2)43(38,39)28-17-18-29(40-4)30(22-28)41-5/h8-18,22,24H,6-7,19-21,23H2,1-5H3,(H,33,37). The van der Waals surface area contributed by atoms with Crippen LogP contribution in [0.2, 0.25) is 0 Å². The lowest BCUT2D eigenvalue weighted by Gasteiger charge is -2.32. The molecule has 0 spiro atoms. The van der Waals surface area contributed by atoms with Gasteiger partial charge in [-0.3, -0.25) is 13.9 Å². The molecule has 232 valence electrons. The van der Waals surface area contributed by atoms with Gasteiger partial charge in [0.1, 0.15) is 18.3 Å². The Labute approximate surface area is 254 Å². The third-order valence-corrected chi connectivity index (χ3v) is 8.63. The zero-order chi connectivity index (χ0) is 31.4. The molecule has 0 aliphatic carbocycles. The van der Waals surface area contributed by atoms with Crippen LogP contribution in [0.1, 0.15) is 32.8 Å². The average Bonchev–Trinajstić information content (AvgIpc) is 3.03. The van der Waals surface area contributed by atoms with Crippen LogP contribution < -0.4 is 23.8 Å². The van der Waals surface area contributed by atoms with Crippen LogP contribution in [0.4, 0.5) is 5.69 Å². The van der Waals surface area contributed by atoms with Crippen LogP contribution in [-0.4, -0.2) is 71.6 Å². The average molecular weight is 612 g/mol. The monoisotopic (exact) mass is 611 g/mol. The summed E-state index contributed by atoms with van der Waals surface area (Å²) in [5.74, 6) is 0.329. The Balaban J connectivity index is 2.02. The fourth-order valence-corrected chi connectivity index (χ4v) is 5.90. The molecular weight excluding hydrogens is 570 g/mol. The van der Waals surface area contributed by atoms with Crippen molar-refractivity contribution in [1.29, 1.82) is 0 Å². The SMILES string of the molecule is CCCNC(=O)C(C)N(CCc1ccccc1)C(=O)CN(c1ccc(OCC)cc1)S(=O)(=O)c1ccc(OC)c(OC)c1. The van der Waals surface area contributed by atoms with Crippen molar-refractivity contribution in [2.75, 3.05) is 44.8 Å². The normalized spacial score (nSPS) is 11.7. The van der Waals surface area contributed by atoms with E-state index < -0.39 is 28.5 Å². The molecule has 1 unspecified atom stereocenters. The van der Waals surface area contributed by atoms with Crippen LogP contribution in [-0.2, 0) is 26.0 Å². The number of carbonyl (C=O) groups is 2. The fourth-order valence-electron chi connectivity index (χ4n) is 4.47. The Bertz CT molecular complexity index is 1450. The van der Waals surface area contributed by atoms with Gasteiger partial charge >= 0.3 is 0 Å². The van der Waals surface area contributed by atoms with E-state index in [1.165, 1.54) is 37.3 Å². The molecule has 0 saturated carbocycles. The molecule has 0 aromatic heterocycles. The maximum Gasteiger partial charge on any atom is 0.264 e. The van der Waals surface area contributed by atoms with Gasteiger partial charge in [-0.15, -0.1) is 0 Å². The van der Waals surface area contributed by atoms with Gasteiger partial charge in [-0.2, -0.15) is 0 Å². The van der Waals surface area contributed by atoms with E-state index in [1.807, 2.05) is 44.2 Å². The second-order valence-corrected chi connectivity index (χ2v) is 11.6. The molecule has 0 aliphatic heterocycles. The first-order chi connectivity index (χ1) is 20.7.